The Morgan fingerprint density at radius 2 is 1.81 bits per heavy atom. The number of furan rings is 1. The molecule has 2 N–H and O–H groups in total. The summed E-state index contributed by atoms with van der Waals surface area (Å²) < 4.78 is 33.6. The normalized spacial score (nSPS) is 16.2. The SMILES string of the molecule is Cc1cc(C)c(S(=O)(=O)NCCC(=O)NCC(c2ccco2)N2CCCCC2)c(C)c1. The van der Waals surface area contributed by atoms with Crippen LogP contribution in [0.2, 0.25) is 0 Å². The maximum Gasteiger partial charge on any atom is 0.241 e. The van der Waals surface area contributed by atoms with Crippen LogP contribution in [0.5, 0.6) is 0 Å². The van der Waals surface area contributed by atoms with E-state index >= 15 is 0 Å². The van der Waals surface area contributed by atoms with Gasteiger partial charge in [0, 0.05) is 19.5 Å². The second kappa shape index (κ2) is 10.4. The molecule has 1 amide bonds. The summed E-state index contributed by atoms with van der Waals surface area (Å²) >= 11 is 0. The first-order valence-corrected chi connectivity index (χ1v) is 12.4. The number of carbonyl (C=O) groups excluding carboxylic acids is 1. The van der Waals surface area contributed by atoms with Gasteiger partial charge in [-0.15, -0.1) is 0 Å². The van der Waals surface area contributed by atoms with Crippen LogP contribution in [0.25, 0.3) is 0 Å². The number of carbonyl (C=O) groups is 1. The van der Waals surface area contributed by atoms with Crippen LogP contribution in [0.3, 0.4) is 0 Å². The Labute approximate surface area is 185 Å². The van der Waals surface area contributed by atoms with E-state index < -0.39 is 10.0 Å². The highest BCUT2D eigenvalue weighted by Crippen LogP contribution is 2.24. The lowest BCUT2D eigenvalue weighted by Gasteiger charge is -2.33. The van der Waals surface area contributed by atoms with Gasteiger partial charge in [0.05, 0.1) is 17.2 Å². The highest BCUT2D eigenvalue weighted by molar-refractivity contribution is 7.89. The fraction of sp³-hybridized carbons (Fsp3) is 0.522. The van der Waals surface area contributed by atoms with E-state index in [0.717, 1.165) is 37.3 Å². The number of aryl methyl sites for hydroxylation is 3. The Bertz CT molecular complexity index is 957. The molecule has 1 aliphatic rings. The number of rotatable bonds is 9. The number of likely N-dealkylation sites (tertiary alicyclic amines) is 1. The minimum atomic E-state index is -3.67. The molecule has 0 spiro atoms. The largest absolute Gasteiger partial charge is 0.468 e. The molecular weight excluding hydrogens is 414 g/mol. The summed E-state index contributed by atoms with van der Waals surface area (Å²) in [6.45, 7) is 7.97. The molecule has 0 saturated carbocycles. The first-order valence-electron chi connectivity index (χ1n) is 10.9. The van der Waals surface area contributed by atoms with Gasteiger partial charge in [0.2, 0.25) is 15.9 Å². The number of benzene rings is 1. The molecule has 0 radical (unpaired) electrons. The van der Waals surface area contributed by atoms with Gasteiger partial charge in [-0.3, -0.25) is 9.69 Å². The zero-order valence-electron chi connectivity index (χ0n) is 18.6. The minimum absolute atomic E-state index is 0.00574. The van der Waals surface area contributed by atoms with Crippen molar-refractivity contribution in [2.75, 3.05) is 26.2 Å². The van der Waals surface area contributed by atoms with Crippen LogP contribution in [0.4, 0.5) is 0 Å². The minimum Gasteiger partial charge on any atom is -0.468 e. The molecule has 1 atom stereocenters. The average Bonchev–Trinajstić information content (AvgIpc) is 3.22. The first kappa shape index (κ1) is 23.5. The number of nitrogens with zero attached hydrogens (tertiary/aromatic N) is 1. The molecule has 170 valence electrons. The van der Waals surface area contributed by atoms with Crippen molar-refractivity contribution in [1.29, 1.82) is 0 Å². The van der Waals surface area contributed by atoms with Gasteiger partial charge in [0.1, 0.15) is 5.76 Å². The highest BCUT2D eigenvalue weighted by atomic mass is 32.2. The van der Waals surface area contributed by atoms with Gasteiger partial charge >= 0.3 is 0 Å². The van der Waals surface area contributed by atoms with Gasteiger partial charge in [-0.2, -0.15) is 0 Å². The third-order valence-electron chi connectivity index (χ3n) is 5.71. The molecule has 1 aromatic carbocycles. The molecule has 3 rings (SSSR count). The lowest BCUT2D eigenvalue weighted by atomic mass is 10.1. The van der Waals surface area contributed by atoms with Crippen LogP contribution in [-0.4, -0.2) is 45.4 Å². The van der Waals surface area contributed by atoms with Gasteiger partial charge in [-0.25, -0.2) is 13.1 Å². The molecule has 1 unspecified atom stereocenters. The average molecular weight is 448 g/mol. The smallest absolute Gasteiger partial charge is 0.241 e. The second-order valence-electron chi connectivity index (χ2n) is 8.31. The van der Waals surface area contributed by atoms with Crippen molar-refractivity contribution in [1.82, 2.24) is 14.9 Å². The molecule has 1 saturated heterocycles. The Morgan fingerprint density at radius 1 is 1.13 bits per heavy atom. The fourth-order valence-corrected chi connectivity index (χ4v) is 5.86. The standard InChI is InChI=1S/C23H33N3O4S/c1-17-14-18(2)23(19(3)15-17)31(28,29)25-10-9-22(27)24-16-20(21-8-7-13-30-21)26-11-5-4-6-12-26/h7-8,13-15,20,25H,4-6,9-12,16H2,1-3H3,(H,24,27). The predicted octanol–water partition coefficient (Wildman–Crippen LogP) is 3.22. The monoisotopic (exact) mass is 447 g/mol. The summed E-state index contributed by atoms with van der Waals surface area (Å²) in [5.74, 6) is 0.654. The summed E-state index contributed by atoms with van der Waals surface area (Å²) in [4.78, 5) is 15.0. The number of hydrogen-bond acceptors (Lipinski definition) is 5. The maximum absolute atomic E-state index is 12.7. The molecule has 7 nitrogen and oxygen atoms in total. The van der Waals surface area contributed by atoms with Crippen LogP contribution < -0.4 is 10.0 Å². The van der Waals surface area contributed by atoms with E-state index in [0.29, 0.717) is 22.6 Å². The summed E-state index contributed by atoms with van der Waals surface area (Å²) in [6, 6.07) is 7.49. The highest BCUT2D eigenvalue weighted by Gasteiger charge is 2.25. The summed E-state index contributed by atoms with van der Waals surface area (Å²) in [5, 5.41) is 2.95. The summed E-state index contributed by atoms with van der Waals surface area (Å²) in [5.41, 5.74) is 2.43. The van der Waals surface area contributed by atoms with Gasteiger partial charge in [-0.1, -0.05) is 24.1 Å². The molecule has 1 aromatic heterocycles. The van der Waals surface area contributed by atoms with Gasteiger partial charge in [0.25, 0.3) is 0 Å². The van der Waals surface area contributed by atoms with Crippen LogP contribution in [-0.2, 0) is 14.8 Å². The summed E-state index contributed by atoms with van der Waals surface area (Å²) in [6.07, 6.45) is 5.25. The van der Waals surface area contributed by atoms with Crippen LogP contribution in [0.1, 0.15) is 54.2 Å². The van der Waals surface area contributed by atoms with E-state index in [1.165, 1.54) is 6.42 Å². The van der Waals surface area contributed by atoms with E-state index in [1.807, 2.05) is 31.2 Å². The second-order valence-corrected chi connectivity index (χ2v) is 10.0. The molecule has 0 bridgehead atoms. The van der Waals surface area contributed by atoms with Crippen molar-refractivity contribution >= 4 is 15.9 Å². The maximum atomic E-state index is 12.7. The van der Waals surface area contributed by atoms with Gasteiger partial charge in [-0.05, 0) is 70.0 Å². The van der Waals surface area contributed by atoms with Gasteiger partial charge < -0.3 is 9.73 Å². The van der Waals surface area contributed by atoms with Crippen LogP contribution in [0.15, 0.2) is 39.8 Å². The van der Waals surface area contributed by atoms with E-state index in [9.17, 15) is 13.2 Å². The topological polar surface area (TPSA) is 91.6 Å². The Kier molecular flexibility index (Phi) is 7.91. The Hall–Kier alpha value is -2.16. The van der Waals surface area contributed by atoms with Crippen LogP contribution >= 0.6 is 0 Å². The molecule has 0 aliphatic carbocycles. The van der Waals surface area contributed by atoms with Gasteiger partial charge in [0.15, 0.2) is 0 Å². The van der Waals surface area contributed by atoms with E-state index in [2.05, 4.69) is 14.9 Å². The number of sulfonamides is 1. The third kappa shape index (κ3) is 6.18. The molecule has 2 aromatic rings. The number of amides is 1. The van der Waals surface area contributed by atoms with Crippen molar-refractivity contribution in [2.45, 2.75) is 57.4 Å². The molecular formula is C23H33N3O4S. The zero-order valence-corrected chi connectivity index (χ0v) is 19.4. The van der Waals surface area contributed by atoms with Crippen molar-refractivity contribution in [3.05, 3.63) is 53.0 Å². The van der Waals surface area contributed by atoms with Crippen LogP contribution in [0, 0.1) is 20.8 Å². The number of piperidine rings is 1. The number of nitrogens with one attached hydrogen (secondary N) is 2. The molecule has 31 heavy (non-hydrogen) atoms. The molecule has 1 aliphatic heterocycles. The molecule has 1 fully saturated rings. The molecule has 2 heterocycles. The van der Waals surface area contributed by atoms with Crippen molar-refractivity contribution in [3.63, 3.8) is 0 Å². The Morgan fingerprint density at radius 3 is 2.42 bits per heavy atom. The quantitative estimate of drug-likeness (QED) is 0.616. The van der Waals surface area contributed by atoms with Crippen molar-refractivity contribution < 1.29 is 17.6 Å². The Balaban J connectivity index is 1.53. The zero-order chi connectivity index (χ0) is 22.4. The lowest BCUT2D eigenvalue weighted by molar-refractivity contribution is -0.121. The third-order valence-corrected chi connectivity index (χ3v) is 7.48. The van der Waals surface area contributed by atoms with Crippen molar-refractivity contribution in [3.8, 4) is 0 Å². The number of hydrogen-bond donors (Lipinski definition) is 2. The van der Waals surface area contributed by atoms with E-state index in [-0.39, 0.29) is 24.9 Å². The fourth-order valence-electron chi connectivity index (χ4n) is 4.38. The van der Waals surface area contributed by atoms with E-state index in [1.54, 1.807) is 20.1 Å². The predicted molar refractivity (Wildman–Crippen MR) is 120 cm³/mol. The molecule has 8 heteroatoms. The van der Waals surface area contributed by atoms with E-state index in [4.69, 9.17) is 4.42 Å². The lowest BCUT2D eigenvalue weighted by Crippen LogP contribution is -2.41. The summed E-state index contributed by atoms with van der Waals surface area (Å²) in [7, 11) is -3.67. The first-order chi connectivity index (χ1) is 14.8. The van der Waals surface area contributed by atoms with Crippen molar-refractivity contribution in [2.24, 2.45) is 0 Å².